The van der Waals surface area contributed by atoms with Crippen molar-refractivity contribution in [2.75, 3.05) is 63.4 Å². The summed E-state index contributed by atoms with van der Waals surface area (Å²) in [6.07, 6.45) is 4.75. The van der Waals surface area contributed by atoms with E-state index in [1.165, 1.54) is 0 Å². The van der Waals surface area contributed by atoms with E-state index >= 15 is 0 Å². The quantitative estimate of drug-likeness (QED) is 0.185. The van der Waals surface area contributed by atoms with Crippen LogP contribution in [0.2, 0.25) is 0 Å². The molecule has 0 aliphatic rings. The highest BCUT2D eigenvalue weighted by molar-refractivity contribution is 7.92. The maximum atomic E-state index is 13.7. The first-order chi connectivity index (χ1) is 20.1. The van der Waals surface area contributed by atoms with Crippen molar-refractivity contribution >= 4 is 39.7 Å². The number of likely N-dealkylation sites (N-methyl/N-ethyl adjacent to an activating group) is 1. The molecular weight excluding hydrogens is 590 g/mol. The van der Waals surface area contributed by atoms with Gasteiger partial charge in [-0.05, 0) is 99.1 Å². The second-order valence-electron chi connectivity index (χ2n) is 10.2. The molecule has 1 amide bonds. The maximum Gasteiger partial charge on any atom is 0.258 e. The highest BCUT2D eigenvalue weighted by Crippen LogP contribution is 2.28. The normalized spacial score (nSPS) is 11.0. The second kappa shape index (κ2) is 17.6. The molecule has 0 saturated heterocycles. The average molecular weight is 634 g/mol. The Labute approximate surface area is 262 Å². The molecule has 43 heavy (non-hydrogen) atoms. The van der Waals surface area contributed by atoms with Gasteiger partial charge in [0.05, 0.1) is 27.1 Å². The predicted molar refractivity (Wildman–Crippen MR) is 176 cm³/mol. The summed E-state index contributed by atoms with van der Waals surface area (Å²) in [5.41, 5.74) is 2.81. The monoisotopic (exact) mass is 633 g/mol. The number of benzene rings is 3. The van der Waals surface area contributed by atoms with Crippen LogP contribution in [0.4, 0.5) is 11.4 Å². The Kier molecular flexibility index (Phi) is 14.6. The van der Waals surface area contributed by atoms with Crippen LogP contribution in [0.15, 0.2) is 66.7 Å². The molecule has 0 aliphatic carbocycles. The summed E-state index contributed by atoms with van der Waals surface area (Å²) in [4.78, 5) is 17.7. The van der Waals surface area contributed by atoms with Crippen LogP contribution in [0.3, 0.4) is 0 Å². The van der Waals surface area contributed by atoms with Crippen LogP contribution < -0.4 is 23.8 Å². The summed E-state index contributed by atoms with van der Waals surface area (Å²) in [6.45, 7) is 4.93. The highest BCUT2D eigenvalue weighted by atomic mass is 35.5. The summed E-state index contributed by atoms with van der Waals surface area (Å²) >= 11 is 0. The summed E-state index contributed by atoms with van der Waals surface area (Å²) in [5, 5.41) is 0. The molecule has 0 radical (unpaired) electrons. The van der Waals surface area contributed by atoms with Crippen LogP contribution in [-0.2, 0) is 16.4 Å². The Morgan fingerprint density at radius 2 is 1.53 bits per heavy atom. The zero-order valence-corrected chi connectivity index (χ0v) is 27.3. The second-order valence-corrected chi connectivity index (χ2v) is 11.9. The molecule has 0 atom stereocenters. The molecule has 0 aromatic heterocycles. The molecule has 0 saturated carbocycles. The largest absolute Gasteiger partial charge is 0.494 e. The van der Waals surface area contributed by atoms with Gasteiger partial charge in [-0.3, -0.25) is 9.52 Å². The Morgan fingerprint density at radius 3 is 2.14 bits per heavy atom. The van der Waals surface area contributed by atoms with Gasteiger partial charge in [0.1, 0.15) is 5.75 Å². The molecule has 0 unspecified atom stereocenters. The molecule has 0 fully saturated rings. The number of methoxy groups -OCH3 is 2. The standard InChI is InChI=1S/C32H43N3O6S.ClH/c1-6-7-23-41-29-16-14-28(15-17-29)35(32(36)26-10-12-27(13-11-26)33-42(5,37)38)21-8-20-34(2)22-19-25-9-18-30(39-3)31(24-25)40-4;/h9-18,24,33H,6-8,19-23H2,1-5H3;1H. The zero-order valence-electron chi connectivity index (χ0n) is 25.7. The smallest absolute Gasteiger partial charge is 0.258 e. The zero-order chi connectivity index (χ0) is 30.5. The number of nitrogens with one attached hydrogen (secondary N) is 1. The topological polar surface area (TPSA) is 97.4 Å². The molecule has 3 aromatic carbocycles. The third kappa shape index (κ3) is 11.6. The number of sulfonamides is 1. The number of rotatable bonds is 17. The number of carbonyl (C=O) groups excluding carboxylic acids is 1. The SMILES string of the molecule is CCCCOc1ccc(N(CCCN(C)CCc2ccc(OC)c(OC)c2)C(=O)c2ccc(NS(C)(=O)=O)cc2)cc1.Cl. The first kappa shape index (κ1) is 35.7. The van der Waals surface area contributed by atoms with E-state index in [2.05, 4.69) is 23.6 Å². The van der Waals surface area contributed by atoms with E-state index in [9.17, 15) is 13.2 Å². The van der Waals surface area contributed by atoms with E-state index in [1.54, 1.807) is 43.4 Å². The van der Waals surface area contributed by atoms with E-state index in [1.807, 2.05) is 42.5 Å². The van der Waals surface area contributed by atoms with Crippen molar-refractivity contribution in [1.82, 2.24) is 4.90 Å². The van der Waals surface area contributed by atoms with Gasteiger partial charge in [-0.25, -0.2) is 8.42 Å². The number of amides is 1. The van der Waals surface area contributed by atoms with Gasteiger partial charge in [0.2, 0.25) is 10.0 Å². The molecule has 0 bridgehead atoms. The molecule has 3 aromatic rings. The number of halogens is 1. The lowest BCUT2D eigenvalue weighted by atomic mass is 10.1. The van der Waals surface area contributed by atoms with E-state index in [0.29, 0.717) is 35.9 Å². The Bertz CT molecular complexity index is 1390. The van der Waals surface area contributed by atoms with Crippen molar-refractivity contribution in [3.63, 3.8) is 0 Å². The lowest BCUT2D eigenvalue weighted by molar-refractivity contribution is 0.0986. The number of unbranched alkanes of at least 4 members (excludes halogenated alkanes) is 1. The highest BCUT2D eigenvalue weighted by Gasteiger charge is 2.18. The van der Waals surface area contributed by atoms with Crippen molar-refractivity contribution in [1.29, 1.82) is 0 Å². The van der Waals surface area contributed by atoms with E-state index in [0.717, 1.165) is 62.0 Å². The van der Waals surface area contributed by atoms with Crippen molar-refractivity contribution < 1.29 is 27.4 Å². The molecule has 0 spiro atoms. The van der Waals surface area contributed by atoms with Crippen molar-refractivity contribution in [2.45, 2.75) is 32.6 Å². The summed E-state index contributed by atoms with van der Waals surface area (Å²) in [5.74, 6) is 2.04. The van der Waals surface area contributed by atoms with Gasteiger partial charge in [0, 0.05) is 30.0 Å². The summed E-state index contributed by atoms with van der Waals surface area (Å²) < 4.78 is 42.1. The fraction of sp³-hybridized carbons (Fsp3) is 0.406. The van der Waals surface area contributed by atoms with E-state index in [4.69, 9.17) is 14.2 Å². The van der Waals surface area contributed by atoms with Gasteiger partial charge in [-0.15, -0.1) is 12.4 Å². The molecule has 1 N–H and O–H groups in total. The predicted octanol–water partition coefficient (Wildman–Crippen LogP) is 5.89. The molecular formula is C32H44ClN3O6S. The van der Waals surface area contributed by atoms with Crippen LogP contribution >= 0.6 is 12.4 Å². The van der Waals surface area contributed by atoms with Gasteiger partial charge in [0.25, 0.3) is 5.91 Å². The minimum atomic E-state index is -3.41. The van der Waals surface area contributed by atoms with Crippen LogP contribution in [0.5, 0.6) is 17.2 Å². The lowest BCUT2D eigenvalue weighted by Crippen LogP contribution is -2.34. The lowest BCUT2D eigenvalue weighted by Gasteiger charge is -2.25. The number of nitrogens with zero attached hydrogens (tertiary/aromatic N) is 2. The first-order valence-electron chi connectivity index (χ1n) is 14.2. The van der Waals surface area contributed by atoms with Crippen LogP contribution in [0.25, 0.3) is 0 Å². The van der Waals surface area contributed by atoms with E-state index < -0.39 is 10.0 Å². The third-order valence-corrected chi connectivity index (χ3v) is 7.35. The Morgan fingerprint density at radius 1 is 0.860 bits per heavy atom. The molecule has 11 heteroatoms. The number of hydrogen-bond donors (Lipinski definition) is 1. The van der Waals surface area contributed by atoms with E-state index in [-0.39, 0.29) is 18.3 Å². The average Bonchev–Trinajstić information content (AvgIpc) is 2.98. The fourth-order valence-corrected chi connectivity index (χ4v) is 4.99. The van der Waals surface area contributed by atoms with Gasteiger partial charge in [-0.2, -0.15) is 0 Å². The number of carbonyl (C=O) groups is 1. The van der Waals surface area contributed by atoms with Crippen molar-refractivity contribution in [2.24, 2.45) is 0 Å². The van der Waals surface area contributed by atoms with Crippen molar-refractivity contribution in [3.8, 4) is 17.2 Å². The Hall–Kier alpha value is -3.47. The first-order valence-corrected chi connectivity index (χ1v) is 16.0. The van der Waals surface area contributed by atoms with Gasteiger partial charge in [0.15, 0.2) is 11.5 Å². The minimum Gasteiger partial charge on any atom is -0.494 e. The summed E-state index contributed by atoms with van der Waals surface area (Å²) in [7, 11) is 1.93. The van der Waals surface area contributed by atoms with Gasteiger partial charge >= 0.3 is 0 Å². The third-order valence-electron chi connectivity index (χ3n) is 6.75. The van der Waals surface area contributed by atoms with Crippen molar-refractivity contribution in [3.05, 3.63) is 77.9 Å². The molecule has 9 nitrogen and oxygen atoms in total. The molecule has 236 valence electrons. The number of hydrogen-bond acceptors (Lipinski definition) is 7. The fourth-order valence-electron chi connectivity index (χ4n) is 4.42. The molecule has 3 rings (SSSR count). The van der Waals surface area contributed by atoms with Gasteiger partial charge < -0.3 is 24.0 Å². The molecule has 0 heterocycles. The number of anilines is 2. The number of ether oxygens (including phenoxy) is 3. The maximum absolute atomic E-state index is 13.7. The Balaban J connectivity index is 0.00000645. The van der Waals surface area contributed by atoms with Crippen LogP contribution in [0, 0.1) is 0 Å². The van der Waals surface area contributed by atoms with Crippen LogP contribution in [0.1, 0.15) is 42.1 Å². The van der Waals surface area contributed by atoms with Gasteiger partial charge in [-0.1, -0.05) is 19.4 Å². The minimum absolute atomic E-state index is 0. The van der Waals surface area contributed by atoms with Crippen LogP contribution in [-0.4, -0.2) is 73.0 Å². The molecule has 0 aliphatic heterocycles. The summed E-state index contributed by atoms with van der Waals surface area (Å²) in [6, 6.07) is 20.0.